The van der Waals surface area contributed by atoms with E-state index in [-0.39, 0.29) is 0 Å². The number of rotatable bonds is 4. The second kappa shape index (κ2) is 5.14. The van der Waals surface area contributed by atoms with Crippen LogP contribution in [0.25, 0.3) is 0 Å². The van der Waals surface area contributed by atoms with Crippen LogP contribution in [-0.2, 0) is 11.3 Å². The Kier molecular flexibility index (Phi) is 4.12. The van der Waals surface area contributed by atoms with Gasteiger partial charge in [0.15, 0.2) is 0 Å². The Balaban J connectivity index is 2.62. The second-order valence-corrected chi connectivity index (χ2v) is 3.94. The number of nitrogens with one attached hydrogen (secondary N) is 1. The van der Waals surface area contributed by atoms with Gasteiger partial charge in [0.1, 0.15) is 6.04 Å². The standard InChI is InChI=1S/C11H14ClNO2/c1-7-3-4-9(10(12)5-7)6-13-8(2)11(14)15/h3-5,8,13H,6H2,1-2H3,(H,14,15)/t8-/m0/s1. The van der Waals surface area contributed by atoms with Crippen molar-refractivity contribution in [2.75, 3.05) is 0 Å². The Labute approximate surface area is 94.1 Å². The van der Waals surface area contributed by atoms with Gasteiger partial charge in [-0.25, -0.2) is 0 Å². The molecule has 1 rings (SSSR count). The summed E-state index contributed by atoms with van der Waals surface area (Å²) in [6, 6.07) is 5.15. The Morgan fingerprint density at radius 2 is 2.27 bits per heavy atom. The van der Waals surface area contributed by atoms with Gasteiger partial charge in [-0.2, -0.15) is 0 Å². The van der Waals surface area contributed by atoms with E-state index in [4.69, 9.17) is 16.7 Å². The van der Waals surface area contributed by atoms with Gasteiger partial charge in [-0.15, -0.1) is 0 Å². The smallest absolute Gasteiger partial charge is 0.320 e. The molecule has 0 heterocycles. The van der Waals surface area contributed by atoms with E-state index in [1.807, 2.05) is 25.1 Å². The first kappa shape index (κ1) is 12.0. The lowest BCUT2D eigenvalue weighted by atomic mass is 10.1. The normalized spacial score (nSPS) is 12.5. The third kappa shape index (κ3) is 3.53. The zero-order valence-electron chi connectivity index (χ0n) is 8.75. The van der Waals surface area contributed by atoms with E-state index in [2.05, 4.69) is 5.32 Å². The fraction of sp³-hybridized carbons (Fsp3) is 0.364. The van der Waals surface area contributed by atoms with Crippen LogP contribution < -0.4 is 5.32 Å². The highest BCUT2D eigenvalue weighted by Crippen LogP contribution is 2.17. The van der Waals surface area contributed by atoms with Crippen molar-refractivity contribution in [1.29, 1.82) is 0 Å². The molecule has 4 heteroatoms. The number of hydrogen-bond acceptors (Lipinski definition) is 2. The molecule has 0 spiro atoms. The van der Waals surface area contributed by atoms with E-state index >= 15 is 0 Å². The number of carbonyl (C=O) groups is 1. The van der Waals surface area contributed by atoms with E-state index in [1.54, 1.807) is 6.92 Å². The predicted octanol–water partition coefficient (Wildman–Crippen LogP) is 2.21. The molecule has 0 saturated heterocycles. The molecule has 1 atom stereocenters. The molecule has 0 aromatic heterocycles. The summed E-state index contributed by atoms with van der Waals surface area (Å²) in [6.45, 7) is 4.03. The fourth-order valence-corrected chi connectivity index (χ4v) is 1.45. The van der Waals surface area contributed by atoms with E-state index in [9.17, 15) is 4.79 Å². The Morgan fingerprint density at radius 1 is 1.60 bits per heavy atom. The SMILES string of the molecule is Cc1ccc(CN[C@@H](C)C(=O)O)c(Cl)c1. The third-order valence-corrected chi connectivity index (χ3v) is 2.53. The Morgan fingerprint density at radius 3 is 2.80 bits per heavy atom. The molecule has 15 heavy (non-hydrogen) atoms. The highest BCUT2D eigenvalue weighted by molar-refractivity contribution is 6.31. The van der Waals surface area contributed by atoms with Crippen LogP contribution in [0.4, 0.5) is 0 Å². The quantitative estimate of drug-likeness (QED) is 0.829. The molecule has 2 N–H and O–H groups in total. The van der Waals surface area contributed by atoms with Gasteiger partial charge in [0.25, 0.3) is 0 Å². The highest BCUT2D eigenvalue weighted by Gasteiger charge is 2.10. The minimum Gasteiger partial charge on any atom is -0.480 e. The second-order valence-electron chi connectivity index (χ2n) is 3.54. The summed E-state index contributed by atoms with van der Waals surface area (Å²) in [5.41, 5.74) is 2.00. The van der Waals surface area contributed by atoms with Gasteiger partial charge in [-0.1, -0.05) is 23.7 Å². The maximum absolute atomic E-state index is 10.6. The average molecular weight is 228 g/mol. The number of carboxylic acids is 1. The first-order valence-corrected chi connectivity index (χ1v) is 5.09. The topological polar surface area (TPSA) is 49.3 Å². The molecular weight excluding hydrogens is 214 g/mol. The largest absolute Gasteiger partial charge is 0.480 e. The van der Waals surface area contributed by atoms with E-state index in [0.717, 1.165) is 11.1 Å². The van der Waals surface area contributed by atoms with Crippen LogP contribution in [-0.4, -0.2) is 17.1 Å². The lowest BCUT2D eigenvalue weighted by Gasteiger charge is -2.10. The summed E-state index contributed by atoms with van der Waals surface area (Å²) >= 11 is 6.01. The van der Waals surface area contributed by atoms with Crippen molar-refractivity contribution < 1.29 is 9.90 Å². The van der Waals surface area contributed by atoms with Crippen LogP contribution in [0.3, 0.4) is 0 Å². The maximum Gasteiger partial charge on any atom is 0.320 e. The number of aryl methyl sites for hydroxylation is 1. The fourth-order valence-electron chi connectivity index (χ4n) is 1.15. The van der Waals surface area contributed by atoms with Crippen molar-refractivity contribution in [3.8, 4) is 0 Å². The number of aliphatic carboxylic acids is 1. The summed E-state index contributed by atoms with van der Waals surface area (Å²) in [7, 11) is 0. The molecule has 0 aliphatic rings. The van der Waals surface area contributed by atoms with Gasteiger partial charge >= 0.3 is 5.97 Å². The molecule has 0 amide bonds. The van der Waals surface area contributed by atoms with Crippen molar-refractivity contribution in [2.24, 2.45) is 0 Å². The lowest BCUT2D eigenvalue weighted by Crippen LogP contribution is -2.33. The zero-order chi connectivity index (χ0) is 11.4. The predicted molar refractivity (Wildman–Crippen MR) is 60.1 cm³/mol. The van der Waals surface area contributed by atoms with Gasteiger partial charge in [0, 0.05) is 11.6 Å². The van der Waals surface area contributed by atoms with Crippen molar-refractivity contribution in [1.82, 2.24) is 5.32 Å². The van der Waals surface area contributed by atoms with Crippen LogP contribution in [0.1, 0.15) is 18.1 Å². The number of halogens is 1. The summed E-state index contributed by atoms with van der Waals surface area (Å²) in [4.78, 5) is 10.6. The average Bonchev–Trinajstić information content (AvgIpc) is 2.15. The molecule has 0 unspecified atom stereocenters. The van der Waals surface area contributed by atoms with Crippen LogP contribution in [0, 0.1) is 6.92 Å². The Hall–Kier alpha value is -1.06. The van der Waals surface area contributed by atoms with Crippen molar-refractivity contribution in [2.45, 2.75) is 26.4 Å². The van der Waals surface area contributed by atoms with Crippen LogP contribution in [0.2, 0.25) is 5.02 Å². The monoisotopic (exact) mass is 227 g/mol. The molecule has 0 fully saturated rings. The summed E-state index contributed by atoms with van der Waals surface area (Å²) < 4.78 is 0. The summed E-state index contributed by atoms with van der Waals surface area (Å²) in [5.74, 6) is -0.863. The van der Waals surface area contributed by atoms with Crippen LogP contribution in [0.5, 0.6) is 0 Å². The molecule has 0 aliphatic heterocycles. The lowest BCUT2D eigenvalue weighted by molar-refractivity contribution is -0.139. The minimum absolute atomic E-state index is 0.465. The maximum atomic E-state index is 10.6. The van der Waals surface area contributed by atoms with Crippen LogP contribution >= 0.6 is 11.6 Å². The molecule has 1 aromatic rings. The first-order chi connectivity index (χ1) is 7.00. The van der Waals surface area contributed by atoms with Gasteiger partial charge in [-0.05, 0) is 31.0 Å². The summed E-state index contributed by atoms with van der Waals surface area (Å²) in [6.07, 6.45) is 0. The number of benzene rings is 1. The molecule has 0 radical (unpaired) electrons. The van der Waals surface area contributed by atoms with E-state index in [0.29, 0.717) is 11.6 Å². The molecule has 3 nitrogen and oxygen atoms in total. The molecule has 0 bridgehead atoms. The highest BCUT2D eigenvalue weighted by atomic mass is 35.5. The zero-order valence-corrected chi connectivity index (χ0v) is 9.51. The van der Waals surface area contributed by atoms with Gasteiger partial charge < -0.3 is 10.4 Å². The first-order valence-electron chi connectivity index (χ1n) is 4.72. The molecule has 1 aromatic carbocycles. The van der Waals surface area contributed by atoms with E-state index < -0.39 is 12.0 Å². The third-order valence-electron chi connectivity index (χ3n) is 2.18. The van der Waals surface area contributed by atoms with Gasteiger partial charge in [0.05, 0.1) is 0 Å². The molecule has 82 valence electrons. The number of carboxylic acid groups (broad SMARTS) is 1. The molecule has 0 saturated carbocycles. The van der Waals surface area contributed by atoms with Crippen LogP contribution in [0.15, 0.2) is 18.2 Å². The summed E-state index contributed by atoms with van der Waals surface area (Å²) in [5, 5.41) is 12.2. The van der Waals surface area contributed by atoms with E-state index in [1.165, 1.54) is 0 Å². The molecule has 0 aliphatic carbocycles. The van der Waals surface area contributed by atoms with Gasteiger partial charge in [-0.3, -0.25) is 4.79 Å². The minimum atomic E-state index is -0.863. The molecular formula is C11H14ClNO2. The van der Waals surface area contributed by atoms with Crippen molar-refractivity contribution in [3.63, 3.8) is 0 Å². The van der Waals surface area contributed by atoms with Gasteiger partial charge in [0.2, 0.25) is 0 Å². The van der Waals surface area contributed by atoms with Crippen molar-refractivity contribution >= 4 is 17.6 Å². The Bertz CT molecular complexity index is 366. The van der Waals surface area contributed by atoms with Crippen molar-refractivity contribution in [3.05, 3.63) is 34.3 Å². The number of hydrogen-bond donors (Lipinski definition) is 2.